The Morgan fingerprint density at radius 3 is 2.62 bits per heavy atom. The summed E-state index contributed by atoms with van der Waals surface area (Å²) in [5.41, 5.74) is 0. The Bertz CT molecular complexity index is 272. The molecule has 1 amide bonds. The first-order valence-electron chi connectivity index (χ1n) is 4.88. The Balaban J connectivity index is 4.15. The second-order valence-corrected chi connectivity index (χ2v) is 3.13. The molecule has 0 aliphatic heterocycles. The number of carbonyl (C=O) groups is 2. The molecule has 0 aliphatic rings. The van der Waals surface area contributed by atoms with Crippen molar-refractivity contribution in [2.45, 2.75) is 25.3 Å². The summed E-state index contributed by atoms with van der Waals surface area (Å²) in [6.45, 7) is -0.105. The molecular weight excluding hydrogens is 212 g/mol. The number of rotatable bonds is 7. The number of methoxy groups -OCH3 is 2. The van der Waals surface area contributed by atoms with Crippen molar-refractivity contribution in [3.63, 3.8) is 0 Å². The molecule has 0 saturated heterocycles. The molecular formula is C10H16N2O4. The van der Waals surface area contributed by atoms with Gasteiger partial charge >= 0.3 is 5.97 Å². The average molecular weight is 228 g/mol. The van der Waals surface area contributed by atoms with Crippen LogP contribution >= 0.6 is 0 Å². The second-order valence-electron chi connectivity index (χ2n) is 3.13. The number of ether oxygens (including phenoxy) is 2. The van der Waals surface area contributed by atoms with Gasteiger partial charge in [-0.3, -0.25) is 4.79 Å². The third kappa shape index (κ3) is 5.98. The van der Waals surface area contributed by atoms with Crippen LogP contribution in [-0.4, -0.2) is 38.7 Å². The summed E-state index contributed by atoms with van der Waals surface area (Å²) in [7, 11) is 2.64. The van der Waals surface area contributed by atoms with Crippen LogP contribution in [0.3, 0.4) is 0 Å². The van der Waals surface area contributed by atoms with Gasteiger partial charge in [0.25, 0.3) is 0 Å². The van der Waals surface area contributed by atoms with E-state index >= 15 is 0 Å². The minimum Gasteiger partial charge on any atom is -0.467 e. The van der Waals surface area contributed by atoms with E-state index in [-0.39, 0.29) is 12.5 Å². The fraction of sp³-hybridized carbons (Fsp3) is 0.700. The van der Waals surface area contributed by atoms with E-state index in [1.807, 2.05) is 6.07 Å². The number of hydrogen-bond acceptors (Lipinski definition) is 5. The summed E-state index contributed by atoms with van der Waals surface area (Å²) in [4.78, 5) is 22.5. The molecule has 16 heavy (non-hydrogen) atoms. The van der Waals surface area contributed by atoms with Crippen LogP contribution in [0, 0.1) is 11.3 Å². The van der Waals surface area contributed by atoms with Crippen LogP contribution in [0.2, 0.25) is 0 Å². The highest BCUT2D eigenvalue weighted by Crippen LogP contribution is 2.02. The van der Waals surface area contributed by atoms with Gasteiger partial charge in [0.1, 0.15) is 12.6 Å². The van der Waals surface area contributed by atoms with Crippen molar-refractivity contribution in [2.75, 3.05) is 20.8 Å². The highest BCUT2D eigenvalue weighted by Gasteiger charge is 2.20. The summed E-state index contributed by atoms with van der Waals surface area (Å²) >= 11 is 0. The summed E-state index contributed by atoms with van der Waals surface area (Å²) in [5, 5.41) is 10.8. The molecule has 0 aliphatic carbocycles. The minimum atomic E-state index is -0.707. The zero-order valence-corrected chi connectivity index (χ0v) is 9.49. The fourth-order valence-corrected chi connectivity index (χ4v) is 1.14. The second kappa shape index (κ2) is 8.68. The lowest BCUT2D eigenvalue weighted by molar-refractivity contribution is -0.145. The predicted molar refractivity (Wildman–Crippen MR) is 55.3 cm³/mol. The number of nitriles is 1. The van der Waals surface area contributed by atoms with E-state index in [0.29, 0.717) is 19.3 Å². The van der Waals surface area contributed by atoms with Crippen LogP contribution in [0.5, 0.6) is 0 Å². The van der Waals surface area contributed by atoms with Crippen LogP contribution in [0.25, 0.3) is 0 Å². The van der Waals surface area contributed by atoms with E-state index in [0.717, 1.165) is 0 Å². The molecule has 90 valence electrons. The Kier molecular flexibility index (Phi) is 7.81. The molecule has 0 aromatic rings. The topological polar surface area (TPSA) is 88.4 Å². The van der Waals surface area contributed by atoms with E-state index < -0.39 is 12.0 Å². The van der Waals surface area contributed by atoms with E-state index in [1.165, 1.54) is 14.2 Å². The average Bonchev–Trinajstić information content (AvgIpc) is 2.27. The summed E-state index contributed by atoms with van der Waals surface area (Å²) in [6, 6.07) is 1.26. The van der Waals surface area contributed by atoms with Crippen molar-refractivity contribution >= 4 is 11.9 Å². The van der Waals surface area contributed by atoms with Gasteiger partial charge in [0, 0.05) is 13.5 Å². The molecule has 0 spiro atoms. The molecule has 0 aromatic carbocycles. The SMILES string of the molecule is COCC(=O)N[C@@H](CCCC#N)C(=O)OC. The third-order valence-electron chi connectivity index (χ3n) is 1.88. The summed E-state index contributed by atoms with van der Waals surface area (Å²) < 4.78 is 9.17. The van der Waals surface area contributed by atoms with Gasteiger partial charge in [-0.15, -0.1) is 0 Å². The largest absolute Gasteiger partial charge is 0.467 e. The van der Waals surface area contributed by atoms with Crippen molar-refractivity contribution in [3.8, 4) is 6.07 Å². The zero-order valence-electron chi connectivity index (χ0n) is 9.49. The lowest BCUT2D eigenvalue weighted by atomic mass is 10.1. The van der Waals surface area contributed by atoms with Gasteiger partial charge in [-0.2, -0.15) is 5.26 Å². The first-order chi connectivity index (χ1) is 7.65. The number of hydrogen-bond donors (Lipinski definition) is 1. The first-order valence-corrected chi connectivity index (χ1v) is 4.88. The highest BCUT2D eigenvalue weighted by atomic mass is 16.5. The molecule has 0 fully saturated rings. The van der Waals surface area contributed by atoms with Gasteiger partial charge in [0.05, 0.1) is 13.2 Å². The van der Waals surface area contributed by atoms with Gasteiger partial charge in [-0.25, -0.2) is 4.79 Å². The quantitative estimate of drug-likeness (QED) is 0.489. The maximum absolute atomic E-state index is 11.3. The van der Waals surface area contributed by atoms with Crippen molar-refractivity contribution in [1.82, 2.24) is 5.32 Å². The van der Waals surface area contributed by atoms with Crippen LogP contribution in [0.15, 0.2) is 0 Å². The summed E-state index contributed by atoms with van der Waals surface area (Å²) in [5.74, 6) is -0.891. The Labute approximate surface area is 94.5 Å². The molecule has 0 radical (unpaired) electrons. The van der Waals surface area contributed by atoms with Crippen LogP contribution in [0.4, 0.5) is 0 Å². The number of esters is 1. The Morgan fingerprint density at radius 1 is 1.44 bits per heavy atom. The van der Waals surface area contributed by atoms with Crippen molar-refractivity contribution < 1.29 is 19.1 Å². The first kappa shape index (κ1) is 14.4. The zero-order chi connectivity index (χ0) is 12.4. The highest BCUT2D eigenvalue weighted by molar-refractivity contribution is 5.84. The van der Waals surface area contributed by atoms with E-state index in [4.69, 9.17) is 5.26 Å². The van der Waals surface area contributed by atoms with Gasteiger partial charge in [-0.1, -0.05) is 0 Å². The normalized spacial score (nSPS) is 11.3. The Hall–Kier alpha value is -1.61. The van der Waals surface area contributed by atoms with Crippen molar-refractivity contribution in [3.05, 3.63) is 0 Å². The third-order valence-corrected chi connectivity index (χ3v) is 1.88. The minimum absolute atomic E-state index is 0.105. The maximum atomic E-state index is 11.3. The molecule has 0 saturated carbocycles. The fourth-order valence-electron chi connectivity index (χ4n) is 1.14. The molecule has 0 heterocycles. The molecule has 6 nitrogen and oxygen atoms in total. The predicted octanol–water partition coefficient (Wildman–Crippen LogP) is -0.0155. The lowest BCUT2D eigenvalue weighted by Crippen LogP contribution is -2.42. The molecule has 1 N–H and O–H groups in total. The molecule has 0 rings (SSSR count). The maximum Gasteiger partial charge on any atom is 0.328 e. The van der Waals surface area contributed by atoms with E-state index in [9.17, 15) is 9.59 Å². The molecule has 0 aromatic heterocycles. The van der Waals surface area contributed by atoms with Crippen LogP contribution < -0.4 is 5.32 Å². The number of nitrogens with zero attached hydrogens (tertiary/aromatic N) is 1. The van der Waals surface area contributed by atoms with Gasteiger partial charge < -0.3 is 14.8 Å². The van der Waals surface area contributed by atoms with Gasteiger partial charge in [0.15, 0.2) is 0 Å². The standard InChI is InChI=1S/C10H16N2O4/c1-15-7-9(13)12-8(10(14)16-2)5-3-4-6-11/h8H,3-5,7H2,1-2H3,(H,12,13)/t8-/m0/s1. The molecule has 1 atom stereocenters. The summed E-state index contributed by atoms with van der Waals surface area (Å²) in [6.07, 6.45) is 1.26. The number of amides is 1. The number of nitrogens with one attached hydrogen (secondary N) is 1. The van der Waals surface area contributed by atoms with E-state index in [2.05, 4.69) is 14.8 Å². The smallest absolute Gasteiger partial charge is 0.328 e. The van der Waals surface area contributed by atoms with Crippen LogP contribution in [0.1, 0.15) is 19.3 Å². The van der Waals surface area contributed by atoms with Crippen molar-refractivity contribution in [1.29, 1.82) is 5.26 Å². The molecule has 0 unspecified atom stereocenters. The monoisotopic (exact) mass is 228 g/mol. The number of unbranched alkanes of at least 4 members (excludes halogenated alkanes) is 1. The molecule has 0 bridgehead atoms. The van der Waals surface area contributed by atoms with Crippen LogP contribution in [-0.2, 0) is 19.1 Å². The van der Waals surface area contributed by atoms with Crippen molar-refractivity contribution in [2.24, 2.45) is 0 Å². The van der Waals surface area contributed by atoms with Gasteiger partial charge in [-0.05, 0) is 12.8 Å². The number of carbonyl (C=O) groups excluding carboxylic acids is 2. The Morgan fingerprint density at radius 2 is 2.12 bits per heavy atom. The molecule has 6 heteroatoms. The lowest BCUT2D eigenvalue weighted by Gasteiger charge is -2.15. The van der Waals surface area contributed by atoms with E-state index in [1.54, 1.807) is 0 Å². The van der Waals surface area contributed by atoms with Gasteiger partial charge in [0.2, 0.25) is 5.91 Å².